The van der Waals surface area contributed by atoms with Crippen LogP contribution in [0.25, 0.3) is 0 Å². The lowest BCUT2D eigenvalue weighted by Crippen LogP contribution is -2.50. The third-order valence-corrected chi connectivity index (χ3v) is 8.99. The summed E-state index contributed by atoms with van der Waals surface area (Å²) in [5.41, 5.74) is 3.64. The molecule has 2 aliphatic carbocycles. The Labute approximate surface area is 232 Å². The lowest BCUT2D eigenvalue weighted by atomic mass is 9.79. The fourth-order valence-electron chi connectivity index (χ4n) is 7.00. The monoisotopic (exact) mass is 533 g/mol. The van der Waals surface area contributed by atoms with Gasteiger partial charge in [-0.3, -0.25) is 19.4 Å². The Balaban J connectivity index is 1.11. The molecule has 1 fully saturated rings. The van der Waals surface area contributed by atoms with Crippen molar-refractivity contribution in [2.45, 2.75) is 62.4 Å². The van der Waals surface area contributed by atoms with Gasteiger partial charge in [-0.1, -0.05) is 55.3 Å². The first-order chi connectivity index (χ1) is 19.5. The molecule has 1 atom stereocenters. The Bertz CT molecular complexity index is 1560. The van der Waals surface area contributed by atoms with Crippen LogP contribution in [0.1, 0.15) is 60.8 Å². The van der Waals surface area contributed by atoms with Crippen molar-refractivity contribution in [2.24, 2.45) is 4.99 Å². The highest BCUT2D eigenvalue weighted by atomic mass is 16.2. The summed E-state index contributed by atoms with van der Waals surface area (Å²) in [6.07, 6.45) is 8.56. The molecule has 3 aromatic rings. The number of aliphatic imine (C=N–C) groups is 1. The van der Waals surface area contributed by atoms with E-state index in [0.717, 1.165) is 60.8 Å². The molecular weight excluding hydrogens is 502 g/mol. The van der Waals surface area contributed by atoms with Gasteiger partial charge < -0.3 is 15.5 Å². The average molecular weight is 534 g/mol. The van der Waals surface area contributed by atoms with Gasteiger partial charge in [0.2, 0.25) is 11.8 Å². The van der Waals surface area contributed by atoms with Gasteiger partial charge >= 0.3 is 0 Å². The van der Waals surface area contributed by atoms with E-state index < -0.39 is 11.1 Å². The minimum Gasteiger partial charge on any atom is -0.325 e. The summed E-state index contributed by atoms with van der Waals surface area (Å²) in [4.78, 5) is 51.2. The summed E-state index contributed by atoms with van der Waals surface area (Å²) >= 11 is 0. The van der Waals surface area contributed by atoms with E-state index in [1.54, 1.807) is 11.1 Å². The normalized spacial score (nSPS) is 22.6. The molecule has 0 unspecified atom stereocenters. The number of anilines is 2. The molecule has 3 amide bonds. The van der Waals surface area contributed by atoms with Gasteiger partial charge in [-0.05, 0) is 67.9 Å². The van der Waals surface area contributed by atoms with E-state index in [0.29, 0.717) is 30.1 Å². The first-order valence-corrected chi connectivity index (χ1v) is 14.1. The molecular formula is C32H31N5O3. The van der Waals surface area contributed by atoms with Crippen molar-refractivity contribution in [3.63, 3.8) is 0 Å². The van der Waals surface area contributed by atoms with Crippen molar-refractivity contribution in [3.8, 4) is 0 Å². The highest BCUT2D eigenvalue weighted by molar-refractivity contribution is 6.47. The zero-order valence-corrected chi connectivity index (χ0v) is 22.3. The van der Waals surface area contributed by atoms with Crippen LogP contribution in [-0.4, -0.2) is 45.5 Å². The Morgan fingerprint density at radius 2 is 1.70 bits per heavy atom. The molecule has 0 radical (unpaired) electrons. The van der Waals surface area contributed by atoms with Crippen molar-refractivity contribution in [2.75, 3.05) is 17.2 Å². The van der Waals surface area contributed by atoms with Gasteiger partial charge in [-0.25, -0.2) is 4.98 Å². The number of amides is 3. The number of hydrogen-bond donors (Lipinski definition) is 2. The zero-order valence-electron chi connectivity index (χ0n) is 22.3. The number of nitrogens with one attached hydrogen (secondary N) is 2. The predicted octanol–water partition coefficient (Wildman–Crippen LogP) is 4.39. The summed E-state index contributed by atoms with van der Waals surface area (Å²) in [6.45, 7) is -0.0544. The van der Waals surface area contributed by atoms with E-state index in [4.69, 9.17) is 4.99 Å². The molecule has 202 valence electrons. The SMILES string of the molecule is O=C(CN1C(=O)C(c2ccccc2)=NC12CCCCCC2)Nc1ccc2c(c1)C[C@@]1(C2)C(=O)Nc2ncccc21. The first kappa shape index (κ1) is 24.7. The molecule has 4 aliphatic rings. The third kappa shape index (κ3) is 3.93. The summed E-state index contributed by atoms with van der Waals surface area (Å²) in [5.74, 6) is 0.174. The van der Waals surface area contributed by atoms with Crippen molar-refractivity contribution >= 4 is 34.9 Å². The van der Waals surface area contributed by atoms with Crippen molar-refractivity contribution in [1.82, 2.24) is 9.88 Å². The number of aromatic nitrogens is 1. The lowest BCUT2D eigenvalue weighted by molar-refractivity contribution is -0.133. The van der Waals surface area contributed by atoms with Crippen LogP contribution in [0.5, 0.6) is 0 Å². The van der Waals surface area contributed by atoms with Crippen molar-refractivity contribution in [1.29, 1.82) is 0 Å². The number of carbonyl (C=O) groups is 3. The molecule has 1 saturated carbocycles. The van der Waals surface area contributed by atoms with Crippen molar-refractivity contribution < 1.29 is 14.4 Å². The van der Waals surface area contributed by atoms with Gasteiger partial charge in [-0.2, -0.15) is 0 Å². The van der Waals surface area contributed by atoms with Crippen LogP contribution in [0.15, 0.2) is 71.9 Å². The number of pyridine rings is 1. The summed E-state index contributed by atoms with van der Waals surface area (Å²) in [7, 11) is 0. The van der Waals surface area contributed by atoms with E-state index >= 15 is 0 Å². The van der Waals surface area contributed by atoms with E-state index in [2.05, 4.69) is 15.6 Å². The summed E-state index contributed by atoms with van der Waals surface area (Å²) in [6, 6.07) is 19.2. The topological polar surface area (TPSA) is 104 Å². The molecule has 2 N–H and O–H groups in total. The zero-order chi connectivity index (χ0) is 27.3. The number of fused-ring (bicyclic) bond motifs is 3. The second kappa shape index (κ2) is 9.40. The molecule has 40 heavy (non-hydrogen) atoms. The highest BCUT2D eigenvalue weighted by Gasteiger charge is 2.51. The van der Waals surface area contributed by atoms with Gasteiger partial charge in [0.1, 0.15) is 23.7 Å². The Morgan fingerprint density at radius 3 is 2.50 bits per heavy atom. The van der Waals surface area contributed by atoms with Gasteiger partial charge in [0, 0.05) is 23.0 Å². The number of nitrogens with zero attached hydrogens (tertiary/aromatic N) is 3. The predicted molar refractivity (Wildman–Crippen MR) is 152 cm³/mol. The van der Waals surface area contributed by atoms with Crippen LogP contribution in [0.3, 0.4) is 0 Å². The average Bonchev–Trinajstić information content (AvgIpc) is 3.48. The van der Waals surface area contributed by atoms with E-state index in [1.807, 2.05) is 60.7 Å². The van der Waals surface area contributed by atoms with Crippen LogP contribution in [-0.2, 0) is 32.6 Å². The molecule has 3 heterocycles. The number of carbonyl (C=O) groups excluding carboxylic acids is 3. The maximum Gasteiger partial charge on any atom is 0.275 e. The minimum atomic E-state index is -0.669. The maximum atomic E-state index is 13.7. The van der Waals surface area contributed by atoms with Gasteiger partial charge in [0.25, 0.3) is 5.91 Å². The quantitative estimate of drug-likeness (QED) is 0.519. The minimum absolute atomic E-state index is 0.0292. The second-order valence-electron chi connectivity index (χ2n) is 11.4. The summed E-state index contributed by atoms with van der Waals surface area (Å²) < 4.78 is 0. The Hall–Kier alpha value is -4.33. The molecule has 8 heteroatoms. The van der Waals surface area contributed by atoms with Gasteiger partial charge in [0.05, 0.1) is 5.41 Å². The second-order valence-corrected chi connectivity index (χ2v) is 11.4. The molecule has 0 bridgehead atoms. The molecule has 1 aromatic heterocycles. The fourth-order valence-corrected chi connectivity index (χ4v) is 7.00. The smallest absolute Gasteiger partial charge is 0.275 e. The molecule has 2 aromatic carbocycles. The van der Waals surface area contributed by atoms with Crippen LogP contribution in [0.4, 0.5) is 11.5 Å². The molecule has 0 saturated heterocycles. The summed E-state index contributed by atoms with van der Waals surface area (Å²) in [5, 5.41) is 5.96. The van der Waals surface area contributed by atoms with Crippen LogP contribution >= 0.6 is 0 Å². The van der Waals surface area contributed by atoms with Crippen molar-refractivity contribution in [3.05, 3.63) is 89.1 Å². The number of benzene rings is 2. The van der Waals surface area contributed by atoms with Gasteiger partial charge in [0.15, 0.2) is 0 Å². The first-order valence-electron chi connectivity index (χ1n) is 14.1. The molecule has 8 nitrogen and oxygen atoms in total. The largest absolute Gasteiger partial charge is 0.325 e. The van der Waals surface area contributed by atoms with Crippen LogP contribution in [0, 0.1) is 0 Å². The lowest BCUT2D eigenvalue weighted by Gasteiger charge is -2.35. The molecule has 2 spiro atoms. The highest BCUT2D eigenvalue weighted by Crippen LogP contribution is 2.47. The Morgan fingerprint density at radius 1 is 0.925 bits per heavy atom. The fraction of sp³-hybridized carbons (Fsp3) is 0.344. The molecule has 7 rings (SSSR count). The van der Waals surface area contributed by atoms with Crippen LogP contribution < -0.4 is 10.6 Å². The van der Waals surface area contributed by atoms with E-state index in [1.165, 1.54) is 0 Å². The van der Waals surface area contributed by atoms with E-state index in [9.17, 15) is 14.4 Å². The number of hydrogen-bond acceptors (Lipinski definition) is 5. The maximum absolute atomic E-state index is 13.7. The number of rotatable bonds is 4. The Kier molecular flexibility index (Phi) is 5.80. The molecule has 2 aliphatic heterocycles. The van der Waals surface area contributed by atoms with Gasteiger partial charge in [-0.15, -0.1) is 0 Å². The van der Waals surface area contributed by atoms with Crippen LogP contribution in [0.2, 0.25) is 0 Å². The third-order valence-electron chi connectivity index (χ3n) is 8.99. The van der Waals surface area contributed by atoms with E-state index in [-0.39, 0.29) is 24.3 Å². The standard InChI is InChI=1S/C32H31N5O3/c38-26(20-37-29(39)27(21-9-4-3-5-10-21)36-32(37)14-6-1-2-7-15-32)34-24-13-12-22-18-31(19-23(22)17-24)25-11-8-16-33-28(25)35-30(31)40/h3-5,8-13,16-17H,1-2,6-7,14-15,18-20H2,(H,34,38)(H,33,35,40)/t31-/m1/s1.